The second kappa shape index (κ2) is 5.75. The number of carbonyl (C=O) groups excluding carboxylic acids is 1. The molecule has 0 aliphatic rings. The van der Waals surface area contributed by atoms with Gasteiger partial charge in [-0.05, 0) is 12.8 Å². The quantitative estimate of drug-likeness (QED) is 0.706. The molecule has 0 spiro atoms. The highest BCUT2D eigenvalue weighted by atomic mass is 31.2. The first-order valence-electron chi connectivity index (χ1n) is 4.77. The van der Waals surface area contributed by atoms with E-state index in [4.69, 9.17) is 14.8 Å². The highest BCUT2D eigenvalue weighted by Gasteiger charge is 2.42. The molecule has 2 unspecified atom stereocenters. The number of hydrogen-bond donors (Lipinski definition) is 1. The Balaban J connectivity index is 5.13. The van der Waals surface area contributed by atoms with Crippen LogP contribution in [0.25, 0.3) is 0 Å². The van der Waals surface area contributed by atoms with Gasteiger partial charge in [-0.25, -0.2) is 0 Å². The van der Waals surface area contributed by atoms with Crippen LogP contribution in [-0.4, -0.2) is 31.7 Å². The number of Topliss-reactive ketones (excluding diaryl/α,β-unsaturated/α-hetero) is 1. The van der Waals surface area contributed by atoms with Crippen molar-refractivity contribution in [1.82, 2.24) is 0 Å². The molecule has 5 nitrogen and oxygen atoms in total. The van der Waals surface area contributed by atoms with Gasteiger partial charge in [-0.2, -0.15) is 0 Å². The van der Waals surface area contributed by atoms with Crippen LogP contribution in [0.3, 0.4) is 0 Å². The van der Waals surface area contributed by atoms with Gasteiger partial charge in [-0.3, -0.25) is 9.36 Å². The van der Waals surface area contributed by atoms with E-state index in [2.05, 4.69) is 0 Å². The lowest BCUT2D eigenvalue weighted by atomic mass is 10.00. The molecule has 15 heavy (non-hydrogen) atoms. The average Bonchev–Trinajstić information content (AvgIpc) is 2.16. The van der Waals surface area contributed by atoms with Crippen molar-refractivity contribution >= 4 is 13.4 Å². The summed E-state index contributed by atoms with van der Waals surface area (Å²) in [5.41, 5.74) is 4.95. The van der Waals surface area contributed by atoms with Gasteiger partial charge in [-0.15, -0.1) is 0 Å². The molecule has 0 fully saturated rings. The summed E-state index contributed by atoms with van der Waals surface area (Å²) in [7, 11) is -0.918. The van der Waals surface area contributed by atoms with Gasteiger partial charge in [0.2, 0.25) is 0 Å². The van der Waals surface area contributed by atoms with Crippen molar-refractivity contribution in [3.05, 3.63) is 0 Å². The van der Waals surface area contributed by atoms with E-state index in [9.17, 15) is 9.36 Å². The van der Waals surface area contributed by atoms with Crippen LogP contribution in [0.5, 0.6) is 0 Å². The van der Waals surface area contributed by atoms with Crippen LogP contribution in [0.4, 0.5) is 0 Å². The molecule has 0 aromatic rings. The van der Waals surface area contributed by atoms with E-state index in [0.29, 0.717) is 0 Å². The fourth-order valence-corrected chi connectivity index (χ4v) is 3.19. The summed E-state index contributed by atoms with van der Waals surface area (Å²) in [6.45, 7) is 5.06. The van der Waals surface area contributed by atoms with Crippen LogP contribution in [0.15, 0.2) is 0 Å². The molecule has 6 heteroatoms. The van der Waals surface area contributed by atoms with Gasteiger partial charge in [0.25, 0.3) is 0 Å². The SMILES string of the molecule is COP(=O)(OC)C(C(C)=O)C(N)C(C)C. The molecule has 2 N–H and O–H groups in total. The lowest BCUT2D eigenvalue weighted by Gasteiger charge is -2.29. The molecule has 0 radical (unpaired) electrons. The molecule has 0 aromatic carbocycles. The molecule has 0 rings (SSSR count). The first-order valence-corrected chi connectivity index (χ1v) is 6.38. The zero-order valence-corrected chi connectivity index (χ0v) is 10.8. The van der Waals surface area contributed by atoms with E-state index in [-0.39, 0.29) is 11.7 Å². The Morgan fingerprint density at radius 1 is 1.27 bits per heavy atom. The number of ketones is 1. The van der Waals surface area contributed by atoms with Gasteiger partial charge in [-0.1, -0.05) is 13.8 Å². The van der Waals surface area contributed by atoms with Gasteiger partial charge >= 0.3 is 7.60 Å². The Morgan fingerprint density at radius 2 is 1.67 bits per heavy atom. The molecule has 2 atom stereocenters. The maximum atomic E-state index is 12.1. The number of carbonyl (C=O) groups is 1. The summed E-state index contributed by atoms with van der Waals surface area (Å²) in [5, 5.41) is 0. The maximum absolute atomic E-state index is 12.1. The van der Waals surface area contributed by atoms with Crippen molar-refractivity contribution < 1.29 is 18.4 Å². The van der Waals surface area contributed by atoms with Crippen LogP contribution in [-0.2, 0) is 18.4 Å². The fourth-order valence-electron chi connectivity index (χ4n) is 1.37. The minimum Gasteiger partial charge on any atom is -0.326 e. The van der Waals surface area contributed by atoms with Gasteiger partial charge in [0, 0.05) is 20.3 Å². The Morgan fingerprint density at radius 3 is 1.87 bits per heavy atom. The topological polar surface area (TPSA) is 78.6 Å². The van der Waals surface area contributed by atoms with Gasteiger partial charge < -0.3 is 14.8 Å². The first kappa shape index (κ1) is 14.8. The lowest BCUT2D eigenvalue weighted by molar-refractivity contribution is -0.117. The smallest absolute Gasteiger partial charge is 0.326 e. The summed E-state index contributed by atoms with van der Waals surface area (Å²) in [5.74, 6) is -0.249. The summed E-state index contributed by atoms with van der Waals surface area (Å²) >= 11 is 0. The predicted molar refractivity (Wildman–Crippen MR) is 58.9 cm³/mol. The third-order valence-corrected chi connectivity index (χ3v) is 4.81. The monoisotopic (exact) mass is 237 g/mol. The summed E-state index contributed by atoms with van der Waals surface area (Å²) in [6.07, 6.45) is 0. The van der Waals surface area contributed by atoms with Crippen LogP contribution < -0.4 is 5.73 Å². The number of hydrogen-bond acceptors (Lipinski definition) is 5. The molecule has 0 amide bonds. The molecular weight excluding hydrogens is 217 g/mol. The molecule has 0 aliphatic carbocycles. The third kappa shape index (κ3) is 3.38. The highest BCUT2D eigenvalue weighted by molar-refractivity contribution is 7.55. The van der Waals surface area contributed by atoms with Crippen LogP contribution >= 0.6 is 7.60 Å². The Labute approximate surface area is 90.9 Å². The Hall–Kier alpha value is -0.220. The van der Waals surface area contributed by atoms with Crippen molar-refractivity contribution in [2.45, 2.75) is 32.5 Å². The maximum Gasteiger partial charge on any atom is 0.342 e. The molecule has 0 saturated carbocycles. The normalized spacial score (nSPS) is 16.5. The van der Waals surface area contributed by atoms with Gasteiger partial charge in [0.05, 0.1) is 0 Å². The lowest BCUT2D eigenvalue weighted by Crippen LogP contribution is -2.43. The molecule has 90 valence electrons. The second-order valence-corrected chi connectivity index (χ2v) is 6.15. The molecule has 0 heterocycles. The first-order chi connectivity index (χ1) is 6.80. The second-order valence-electron chi connectivity index (χ2n) is 3.78. The van der Waals surface area contributed by atoms with Crippen molar-refractivity contribution in [3.63, 3.8) is 0 Å². The number of rotatable bonds is 6. The molecule has 0 aliphatic heterocycles. The van der Waals surface area contributed by atoms with E-state index >= 15 is 0 Å². The molecule has 0 bridgehead atoms. The van der Waals surface area contributed by atoms with Gasteiger partial charge in [0.15, 0.2) is 0 Å². The zero-order chi connectivity index (χ0) is 12.2. The molecular formula is C9H20NO4P. The Kier molecular flexibility index (Phi) is 5.67. The van der Waals surface area contributed by atoms with Crippen molar-refractivity contribution in [2.24, 2.45) is 11.7 Å². The van der Waals surface area contributed by atoms with E-state index in [0.717, 1.165) is 0 Å². The van der Waals surface area contributed by atoms with E-state index < -0.39 is 19.3 Å². The molecule has 0 aromatic heterocycles. The summed E-state index contributed by atoms with van der Waals surface area (Å²) in [6, 6.07) is -0.534. The summed E-state index contributed by atoms with van der Waals surface area (Å²) in [4.78, 5) is 11.4. The Bertz CT molecular complexity index is 259. The highest BCUT2D eigenvalue weighted by Crippen LogP contribution is 2.53. The largest absolute Gasteiger partial charge is 0.342 e. The van der Waals surface area contributed by atoms with Gasteiger partial charge in [0.1, 0.15) is 11.4 Å². The van der Waals surface area contributed by atoms with E-state index in [1.165, 1.54) is 21.1 Å². The van der Waals surface area contributed by atoms with Crippen molar-refractivity contribution in [2.75, 3.05) is 14.2 Å². The summed E-state index contributed by atoms with van der Waals surface area (Å²) < 4.78 is 21.7. The van der Waals surface area contributed by atoms with Crippen LogP contribution in [0, 0.1) is 5.92 Å². The fraction of sp³-hybridized carbons (Fsp3) is 0.889. The van der Waals surface area contributed by atoms with E-state index in [1.54, 1.807) is 0 Å². The zero-order valence-electron chi connectivity index (χ0n) is 9.89. The van der Waals surface area contributed by atoms with Crippen LogP contribution in [0.1, 0.15) is 20.8 Å². The molecule has 0 saturated heterocycles. The minimum absolute atomic E-state index is 0.0255. The minimum atomic E-state index is -3.43. The van der Waals surface area contributed by atoms with Crippen molar-refractivity contribution in [3.8, 4) is 0 Å². The number of nitrogens with two attached hydrogens (primary N) is 1. The standard InChI is InChI=1S/C9H20NO4P/c1-6(2)8(10)9(7(3)11)15(12,13-4)14-5/h6,8-9H,10H2,1-5H3. The average molecular weight is 237 g/mol. The van der Waals surface area contributed by atoms with E-state index in [1.807, 2.05) is 13.8 Å². The predicted octanol–water partition coefficient (Wildman–Crippen LogP) is 1.41. The third-order valence-electron chi connectivity index (χ3n) is 2.40. The van der Waals surface area contributed by atoms with Crippen molar-refractivity contribution in [1.29, 1.82) is 0 Å². The van der Waals surface area contributed by atoms with Crippen LogP contribution in [0.2, 0.25) is 0 Å².